The molecule has 360 valence electrons. The summed E-state index contributed by atoms with van der Waals surface area (Å²) >= 11 is 0. The normalized spacial score (nSPS) is 11.8. The molecular weight excluding hydrogens is 970 g/mol. The molecule has 0 aliphatic rings. The first-order valence-corrected chi connectivity index (χ1v) is 28.8. The molecule has 4 rings (SSSR count). The molecule has 4 aromatic carbocycles. The van der Waals surface area contributed by atoms with Crippen molar-refractivity contribution in [2.75, 3.05) is 0 Å². The van der Waals surface area contributed by atoms with Crippen LogP contribution in [0.4, 0.5) is 0 Å². The standard InChI is InChI=1S/2C28H44O3S.Ba/c2*1-3-5-7-9-11-13-15-18-24-19-17-21-26-25(24)22-23-28(32(29,30)31)27(26)20-16-14-12-10-8-6-4-2;/h2*17,19,21-23H,3-16,18,20H2,1-2H3,(H,29,30,31);/q;;+2/p-2. The minimum Gasteiger partial charge on any atom is -0.744 e. The Bertz CT molecular complexity index is 1960. The van der Waals surface area contributed by atoms with E-state index in [4.69, 9.17) is 0 Å². The van der Waals surface area contributed by atoms with Gasteiger partial charge in [-0.2, -0.15) is 0 Å². The second-order valence-corrected chi connectivity index (χ2v) is 21.2. The average molecular weight is 1060 g/mol. The zero-order chi connectivity index (χ0) is 46.5. The fourth-order valence-electron chi connectivity index (χ4n) is 9.41. The fourth-order valence-corrected chi connectivity index (χ4v) is 10.9. The molecule has 0 amide bonds. The quantitative estimate of drug-likeness (QED) is 0.0261. The van der Waals surface area contributed by atoms with Crippen LogP contribution in [0.1, 0.15) is 230 Å². The average Bonchev–Trinajstić information content (AvgIpc) is 3.27. The van der Waals surface area contributed by atoms with Crippen molar-refractivity contribution >= 4 is 90.7 Å². The number of aryl methyl sites for hydroxylation is 4. The molecule has 6 nitrogen and oxygen atoms in total. The number of unbranched alkanes of at least 4 members (excludes halogenated alkanes) is 24. The van der Waals surface area contributed by atoms with Crippen LogP contribution in [0.5, 0.6) is 0 Å². The molecule has 0 bridgehead atoms. The molecule has 0 spiro atoms. The van der Waals surface area contributed by atoms with Gasteiger partial charge >= 0.3 is 48.9 Å². The Kier molecular flexibility index (Phi) is 32.2. The number of fused-ring (bicyclic) bond motifs is 2. The van der Waals surface area contributed by atoms with Gasteiger partial charge in [0.05, 0.1) is 9.79 Å². The number of hydrogen-bond acceptors (Lipinski definition) is 6. The zero-order valence-corrected chi connectivity index (χ0v) is 47.4. The van der Waals surface area contributed by atoms with Crippen LogP contribution in [0.3, 0.4) is 0 Å². The van der Waals surface area contributed by atoms with Gasteiger partial charge in [-0.25, -0.2) is 16.8 Å². The minimum atomic E-state index is -4.47. The summed E-state index contributed by atoms with van der Waals surface area (Å²) in [6.45, 7) is 8.91. The van der Waals surface area contributed by atoms with E-state index in [1.165, 1.54) is 152 Å². The summed E-state index contributed by atoms with van der Waals surface area (Å²) in [6, 6.07) is 19.2. The maximum Gasteiger partial charge on any atom is 2.00 e. The zero-order valence-electron chi connectivity index (χ0n) is 41.4. The maximum atomic E-state index is 12.0. The van der Waals surface area contributed by atoms with Crippen LogP contribution in [0, 0.1) is 0 Å². The summed E-state index contributed by atoms with van der Waals surface area (Å²) in [5.41, 5.74) is 4.00. The van der Waals surface area contributed by atoms with Gasteiger partial charge in [0.15, 0.2) is 0 Å². The maximum absolute atomic E-state index is 12.0. The Morgan fingerprint density at radius 2 is 0.585 bits per heavy atom. The Hall–Kier alpha value is -1.21. The predicted molar refractivity (Wildman–Crippen MR) is 276 cm³/mol. The largest absolute Gasteiger partial charge is 2.00 e. The second-order valence-electron chi connectivity index (χ2n) is 18.5. The van der Waals surface area contributed by atoms with Crippen molar-refractivity contribution < 1.29 is 25.9 Å². The van der Waals surface area contributed by atoms with E-state index in [0.717, 1.165) is 84.0 Å². The summed E-state index contributed by atoms with van der Waals surface area (Å²) in [5, 5.41) is 4.13. The van der Waals surface area contributed by atoms with Crippen molar-refractivity contribution in [3.05, 3.63) is 82.9 Å². The molecule has 0 unspecified atom stereocenters. The van der Waals surface area contributed by atoms with Crippen LogP contribution in [-0.4, -0.2) is 74.8 Å². The summed E-state index contributed by atoms with van der Waals surface area (Å²) in [4.78, 5) is -0.0480. The van der Waals surface area contributed by atoms with Gasteiger partial charge in [0.25, 0.3) is 0 Å². The molecule has 0 saturated carbocycles. The first-order valence-electron chi connectivity index (χ1n) is 26.0. The molecule has 0 aromatic heterocycles. The molecule has 0 atom stereocenters. The van der Waals surface area contributed by atoms with Crippen LogP contribution < -0.4 is 0 Å². The van der Waals surface area contributed by atoms with Gasteiger partial charge in [-0.05, 0) is 107 Å². The molecule has 0 radical (unpaired) electrons. The van der Waals surface area contributed by atoms with Crippen LogP contribution >= 0.6 is 0 Å². The van der Waals surface area contributed by atoms with Crippen molar-refractivity contribution in [2.45, 2.75) is 243 Å². The van der Waals surface area contributed by atoms with Gasteiger partial charge in [-0.1, -0.05) is 230 Å². The van der Waals surface area contributed by atoms with Crippen molar-refractivity contribution in [3.63, 3.8) is 0 Å². The van der Waals surface area contributed by atoms with Gasteiger partial charge in [-0.3, -0.25) is 0 Å². The van der Waals surface area contributed by atoms with Crippen LogP contribution in [-0.2, 0) is 45.9 Å². The van der Waals surface area contributed by atoms with E-state index < -0.39 is 20.2 Å². The number of hydrogen-bond donors (Lipinski definition) is 0. The third-order valence-electron chi connectivity index (χ3n) is 13.1. The Morgan fingerprint density at radius 3 is 0.862 bits per heavy atom. The molecule has 0 aliphatic carbocycles. The molecule has 4 aromatic rings. The van der Waals surface area contributed by atoms with E-state index in [1.807, 2.05) is 36.4 Å². The molecular formula is C56H86BaO6S2. The van der Waals surface area contributed by atoms with Crippen LogP contribution in [0.25, 0.3) is 21.5 Å². The fraction of sp³-hybridized carbons (Fsp3) is 0.643. The van der Waals surface area contributed by atoms with Crippen molar-refractivity contribution in [3.8, 4) is 0 Å². The topological polar surface area (TPSA) is 114 Å². The van der Waals surface area contributed by atoms with E-state index >= 15 is 0 Å². The molecule has 0 aliphatic heterocycles. The van der Waals surface area contributed by atoms with Gasteiger partial charge in [0.1, 0.15) is 20.2 Å². The van der Waals surface area contributed by atoms with E-state index in [9.17, 15) is 25.9 Å². The number of rotatable bonds is 34. The molecule has 9 heteroatoms. The Labute approximate surface area is 438 Å². The Balaban J connectivity index is 0.000000440. The summed E-state index contributed by atoms with van der Waals surface area (Å²) in [6.07, 6.45) is 37.6. The van der Waals surface area contributed by atoms with Crippen molar-refractivity contribution in [1.82, 2.24) is 0 Å². The smallest absolute Gasteiger partial charge is 0.744 e. The van der Waals surface area contributed by atoms with E-state index in [2.05, 4.69) is 39.8 Å². The van der Waals surface area contributed by atoms with Crippen LogP contribution in [0.2, 0.25) is 0 Å². The van der Waals surface area contributed by atoms with Gasteiger partial charge in [0, 0.05) is 0 Å². The SMILES string of the molecule is CCCCCCCCCc1cccc2c(CCCCCCCCC)c(S(=O)(=O)[O-])ccc12.CCCCCCCCCc1cccc2c(CCCCCCCCC)c(S(=O)(=O)[O-])ccc12.[Ba+2]. The van der Waals surface area contributed by atoms with E-state index in [0.29, 0.717) is 12.8 Å². The first-order chi connectivity index (χ1) is 31.0. The van der Waals surface area contributed by atoms with Gasteiger partial charge in [0.2, 0.25) is 0 Å². The molecule has 0 saturated heterocycles. The molecule has 65 heavy (non-hydrogen) atoms. The number of benzene rings is 4. The first kappa shape index (κ1) is 59.9. The molecule has 0 fully saturated rings. The third kappa shape index (κ3) is 22.8. The summed E-state index contributed by atoms with van der Waals surface area (Å²) in [7, 11) is -8.95. The van der Waals surface area contributed by atoms with E-state index in [-0.39, 0.29) is 58.7 Å². The van der Waals surface area contributed by atoms with Crippen LogP contribution in [0.15, 0.2) is 70.5 Å². The monoisotopic (exact) mass is 1060 g/mol. The van der Waals surface area contributed by atoms with Gasteiger partial charge in [-0.15, -0.1) is 0 Å². The third-order valence-corrected chi connectivity index (χ3v) is 15.0. The van der Waals surface area contributed by atoms with E-state index in [1.54, 1.807) is 12.1 Å². The Morgan fingerprint density at radius 1 is 0.323 bits per heavy atom. The molecule has 0 N–H and O–H groups in total. The summed E-state index contributed by atoms with van der Waals surface area (Å²) in [5.74, 6) is 0. The van der Waals surface area contributed by atoms with Gasteiger partial charge < -0.3 is 9.11 Å². The second kappa shape index (κ2) is 35.0. The van der Waals surface area contributed by atoms with Crippen molar-refractivity contribution in [1.29, 1.82) is 0 Å². The molecule has 0 heterocycles. The minimum absolute atomic E-state index is 0. The predicted octanol–water partition coefficient (Wildman–Crippen LogP) is 16.3. The van der Waals surface area contributed by atoms with Crippen molar-refractivity contribution in [2.24, 2.45) is 0 Å². The summed E-state index contributed by atoms with van der Waals surface area (Å²) < 4.78 is 71.7.